The minimum absolute atomic E-state index is 0.208. The van der Waals surface area contributed by atoms with Crippen molar-refractivity contribution in [1.29, 1.82) is 0 Å². The summed E-state index contributed by atoms with van der Waals surface area (Å²) in [6.45, 7) is 2.04. The third-order valence-corrected chi connectivity index (χ3v) is 3.08. The molecule has 1 nitrogen and oxygen atoms in total. The third kappa shape index (κ3) is 2.60. The zero-order valence-corrected chi connectivity index (χ0v) is 9.83. The SMILES string of the molecule is CC/C=C/C(=O)Cc1ccc2c(c1)CCC2. The fourth-order valence-electron chi connectivity index (χ4n) is 2.24. The van der Waals surface area contributed by atoms with Crippen LogP contribution in [0.25, 0.3) is 0 Å². The molecule has 0 amide bonds. The lowest BCUT2D eigenvalue weighted by atomic mass is 10.0. The highest BCUT2D eigenvalue weighted by Crippen LogP contribution is 2.23. The summed E-state index contributed by atoms with van der Waals surface area (Å²) in [6, 6.07) is 6.50. The average molecular weight is 214 g/mol. The number of rotatable bonds is 4. The number of benzene rings is 1. The van der Waals surface area contributed by atoms with Gasteiger partial charge < -0.3 is 0 Å². The topological polar surface area (TPSA) is 17.1 Å². The van der Waals surface area contributed by atoms with Gasteiger partial charge in [-0.1, -0.05) is 31.2 Å². The molecule has 1 aliphatic carbocycles. The van der Waals surface area contributed by atoms with Gasteiger partial charge in [-0.3, -0.25) is 4.79 Å². The molecule has 0 bridgehead atoms. The fourth-order valence-corrected chi connectivity index (χ4v) is 2.24. The smallest absolute Gasteiger partial charge is 0.159 e. The number of hydrogen-bond acceptors (Lipinski definition) is 1. The molecule has 1 aliphatic rings. The molecule has 0 saturated heterocycles. The van der Waals surface area contributed by atoms with E-state index in [0.29, 0.717) is 6.42 Å². The maximum Gasteiger partial charge on any atom is 0.159 e. The Hall–Kier alpha value is -1.37. The first-order valence-electron chi connectivity index (χ1n) is 6.09. The largest absolute Gasteiger partial charge is 0.294 e. The molecule has 0 heterocycles. The Morgan fingerprint density at radius 1 is 1.31 bits per heavy atom. The van der Waals surface area contributed by atoms with E-state index < -0.39 is 0 Å². The lowest BCUT2D eigenvalue weighted by molar-refractivity contribution is -0.114. The molecule has 0 radical (unpaired) electrons. The van der Waals surface area contributed by atoms with Crippen LogP contribution in [0.4, 0.5) is 0 Å². The summed E-state index contributed by atoms with van der Waals surface area (Å²) in [7, 11) is 0. The van der Waals surface area contributed by atoms with Crippen LogP contribution in [-0.4, -0.2) is 5.78 Å². The molecule has 2 rings (SSSR count). The van der Waals surface area contributed by atoms with Crippen LogP contribution in [0.1, 0.15) is 36.5 Å². The van der Waals surface area contributed by atoms with Crippen molar-refractivity contribution in [3.05, 3.63) is 47.0 Å². The normalized spacial score (nSPS) is 14.3. The van der Waals surface area contributed by atoms with Crippen molar-refractivity contribution in [2.45, 2.75) is 39.0 Å². The minimum atomic E-state index is 0.208. The molecule has 16 heavy (non-hydrogen) atoms. The molecule has 0 fully saturated rings. The Morgan fingerprint density at radius 2 is 2.12 bits per heavy atom. The Balaban J connectivity index is 2.05. The number of hydrogen-bond donors (Lipinski definition) is 0. The maximum absolute atomic E-state index is 11.6. The summed E-state index contributed by atoms with van der Waals surface area (Å²) in [5.41, 5.74) is 4.08. The van der Waals surface area contributed by atoms with Crippen molar-refractivity contribution < 1.29 is 4.79 Å². The molecule has 84 valence electrons. The van der Waals surface area contributed by atoms with Crippen molar-refractivity contribution in [2.24, 2.45) is 0 Å². The molecule has 0 unspecified atom stereocenters. The summed E-state index contributed by atoms with van der Waals surface area (Å²) >= 11 is 0. The van der Waals surface area contributed by atoms with E-state index in [1.807, 2.05) is 13.0 Å². The van der Waals surface area contributed by atoms with Gasteiger partial charge in [0.1, 0.15) is 0 Å². The first kappa shape index (κ1) is 11.1. The Bertz CT molecular complexity index is 415. The average Bonchev–Trinajstić information content (AvgIpc) is 2.73. The summed E-state index contributed by atoms with van der Waals surface area (Å²) in [5.74, 6) is 0.208. The third-order valence-electron chi connectivity index (χ3n) is 3.08. The predicted molar refractivity (Wildman–Crippen MR) is 66.6 cm³/mol. The van der Waals surface area contributed by atoms with Gasteiger partial charge in [-0.25, -0.2) is 0 Å². The van der Waals surface area contributed by atoms with Gasteiger partial charge in [0.05, 0.1) is 0 Å². The zero-order valence-electron chi connectivity index (χ0n) is 9.83. The maximum atomic E-state index is 11.6. The monoisotopic (exact) mass is 214 g/mol. The van der Waals surface area contributed by atoms with E-state index in [0.717, 1.165) is 12.0 Å². The highest BCUT2D eigenvalue weighted by molar-refractivity contribution is 5.91. The first-order valence-corrected chi connectivity index (χ1v) is 6.09. The molecular formula is C15H18O. The number of fused-ring (bicyclic) bond motifs is 1. The summed E-state index contributed by atoms with van der Waals surface area (Å²) in [6.07, 6.45) is 8.76. The highest BCUT2D eigenvalue weighted by Gasteiger charge is 2.11. The fraction of sp³-hybridized carbons (Fsp3) is 0.400. The number of allylic oxidation sites excluding steroid dienone is 2. The molecule has 0 aromatic heterocycles. The van der Waals surface area contributed by atoms with Crippen molar-refractivity contribution in [1.82, 2.24) is 0 Å². The van der Waals surface area contributed by atoms with Crippen molar-refractivity contribution >= 4 is 5.78 Å². The first-order chi connectivity index (χ1) is 7.79. The minimum Gasteiger partial charge on any atom is -0.294 e. The number of carbonyl (C=O) groups excluding carboxylic acids is 1. The van der Waals surface area contributed by atoms with Crippen LogP contribution in [0.3, 0.4) is 0 Å². The molecule has 1 aromatic rings. The molecular weight excluding hydrogens is 196 g/mol. The molecule has 1 aromatic carbocycles. The van der Waals surface area contributed by atoms with Gasteiger partial charge in [-0.2, -0.15) is 0 Å². The molecule has 0 aliphatic heterocycles. The molecule has 0 N–H and O–H groups in total. The number of ketones is 1. The Morgan fingerprint density at radius 3 is 2.94 bits per heavy atom. The van der Waals surface area contributed by atoms with Gasteiger partial charge in [0.15, 0.2) is 5.78 Å². The van der Waals surface area contributed by atoms with Crippen LogP contribution in [0.15, 0.2) is 30.4 Å². The van der Waals surface area contributed by atoms with Crippen LogP contribution in [0, 0.1) is 0 Å². The predicted octanol–water partition coefficient (Wildman–Crippen LogP) is 3.25. The summed E-state index contributed by atoms with van der Waals surface area (Å²) in [4.78, 5) is 11.6. The summed E-state index contributed by atoms with van der Waals surface area (Å²) in [5, 5.41) is 0. The number of aryl methyl sites for hydroxylation is 2. The molecule has 0 saturated carbocycles. The van der Waals surface area contributed by atoms with Crippen LogP contribution in [0.2, 0.25) is 0 Å². The van der Waals surface area contributed by atoms with Gasteiger partial charge in [0.2, 0.25) is 0 Å². The number of carbonyl (C=O) groups is 1. The highest BCUT2D eigenvalue weighted by atomic mass is 16.1. The van der Waals surface area contributed by atoms with E-state index in [4.69, 9.17) is 0 Å². The second-order valence-corrected chi connectivity index (χ2v) is 4.41. The van der Waals surface area contributed by atoms with Gasteiger partial charge in [-0.15, -0.1) is 0 Å². The Labute approximate surface area is 97.2 Å². The van der Waals surface area contributed by atoms with E-state index in [-0.39, 0.29) is 5.78 Å². The second-order valence-electron chi connectivity index (χ2n) is 4.41. The molecule has 0 atom stereocenters. The van der Waals surface area contributed by atoms with Crippen molar-refractivity contribution in [3.8, 4) is 0 Å². The van der Waals surface area contributed by atoms with Crippen molar-refractivity contribution in [2.75, 3.05) is 0 Å². The second kappa shape index (κ2) is 5.11. The standard InChI is InChI=1S/C15H18O/c1-2-3-7-15(16)11-12-8-9-13-5-4-6-14(13)10-12/h3,7-10H,2,4-6,11H2,1H3/b7-3+. The van der Waals surface area contributed by atoms with E-state index in [2.05, 4.69) is 18.2 Å². The molecule has 0 spiro atoms. The van der Waals surface area contributed by atoms with Gasteiger partial charge >= 0.3 is 0 Å². The van der Waals surface area contributed by atoms with E-state index in [1.165, 1.54) is 30.4 Å². The zero-order chi connectivity index (χ0) is 11.4. The van der Waals surface area contributed by atoms with Crippen LogP contribution >= 0.6 is 0 Å². The van der Waals surface area contributed by atoms with Crippen molar-refractivity contribution in [3.63, 3.8) is 0 Å². The van der Waals surface area contributed by atoms with Crippen LogP contribution < -0.4 is 0 Å². The van der Waals surface area contributed by atoms with Gasteiger partial charge in [0, 0.05) is 6.42 Å². The Kier molecular flexibility index (Phi) is 3.55. The van der Waals surface area contributed by atoms with Crippen LogP contribution in [-0.2, 0) is 24.1 Å². The van der Waals surface area contributed by atoms with E-state index in [1.54, 1.807) is 6.08 Å². The lowest BCUT2D eigenvalue weighted by Crippen LogP contribution is -1.99. The van der Waals surface area contributed by atoms with Gasteiger partial charge in [0.25, 0.3) is 0 Å². The van der Waals surface area contributed by atoms with E-state index >= 15 is 0 Å². The lowest BCUT2D eigenvalue weighted by Gasteiger charge is -2.02. The quantitative estimate of drug-likeness (QED) is 0.703. The van der Waals surface area contributed by atoms with E-state index in [9.17, 15) is 4.79 Å². The molecule has 1 heteroatoms. The van der Waals surface area contributed by atoms with Gasteiger partial charge in [-0.05, 0) is 48.4 Å². The van der Waals surface area contributed by atoms with Crippen LogP contribution in [0.5, 0.6) is 0 Å². The summed E-state index contributed by atoms with van der Waals surface area (Å²) < 4.78 is 0.